The van der Waals surface area contributed by atoms with Crippen molar-refractivity contribution >= 4 is 6.29 Å². The predicted octanol–water partition coefficient (Wildman–Crippen LogP) is 1.39. The van der Waals surface area contributed by atoms with Gasteiger partial charge < -0.3 is 9.53 Å². The SMILES string of the molecule is COc1ccc([C@H](C)C=O)cn1. The fourth-order valence-corrected chi connectivity index (χ4v) is 0.860. The predicted molar refractivity (Wildman–Crippen MR) is 45.3 cm³/mol. The van der Waals surface area contributed by atoms with Crippen molar-refractivity contribution in [3.63, 3.8) is 0 Å². The number of rotatable bonds is 3. The van der Waals surface area contributed by atoms with E-state index in [2.05, 4.69) is 4.98 Å². The van der Waals surface area contributed by atoms with Crippen LogP contribution in [0.3, 0.4) is 0 Å². The maximum absolute atomic E-state index is 10.4. The lowest BCUT2D eigenvalue weighted by Gasteiger charge is -2.03. The number of carbonyl (C=O) groups is 1. The number of carbonyl (C=O) groups excluding carboxylic acids is 1. The van der Waals surface area contributed by atoms with Crippen molar-refractivity contribution in [1.29, 1.82) is 0 Å². The van der Waals surface area contributed by atoms with Crippen molar-refractivity contribution in [2.45, 2.75) is 12.8 Å². The van der Waals surface area contributed by atoms with Gasteiger partial charge in [0.15, 0.2) is 0 Å². The summed E-state index contributed by atoms with van der Waals surface area (Å²) < 4.78 is 4.88. The monoisotopic (exact) mass is 165 g/mol. The molecule has 1 aromatic heterocycles. The highest BCUT2D eigenvalue weighted by atomic mass is 16.5. The normalized spacial score (nSPS) is 12.2. The highest BCUT2D eigenvalue weighted by Crippen LogP contribution is 2.13. The van der Waals surface area contributed by atoms with Crippen molar-refractivity contribution in [2.24, 2.45) is 0 Å². The Kier molecular flexibility index (Phi) is 2.80. The van der Waals surface area contributed by atoms with Crippen molar-refractivity contribution < 1.29 is 9.53 Å². The zero-order chi connectivity index (χ0) is 8.97. The van der Waals surface area contributed by atoms with Gasteiger partial charge in [0.25, 0.3) is 0 Å². The summed E-state index contributed by atoms with van der Waals surface area (Å²) in [4.78, 5) is 14.4. The quantitative estimate of drug-likeness (QED) is 0.635. The van der Waals surface area contributed by atoms with E-state index in [0.29, 0.717) is 5.88 Å². The van der Waals surface area contributed by atoms with Gasteiger partial charge in [-0.2, -0.15) is 0 Å². The van der Waals surface area contributed by atoms with Gasteiger partial charge in [0, 0.05) is 18.2 Å². The number of nitrogens with zero attached hydrogens (tertiary/aromatic N) is 1. The number of methoxy groups -OCH3 is 1. The van der Waals surface area contributed by atoms with Gasteiger partial charge in [-0.05, 0) is 5.56 Å². The zero-order valence-corrected chi connectivity index (χ0v) is 7.15. The fraction of sp³-hybridized carbons (Fsp3) is 0.333. The second-order valence-electron chi connectivity index (χ2n) is 2.56. The largest absolute Gasteiger partial charge is 0.481 e. The summed E-state index contributed by atoms with van der Waals surface area (Å²) >= 11 is 0. The number of ether oxygens (including phenoxy) is 1. The van der Waals surface area contributed by atoms with Crippen LogP contribution in [0, 0.1) is 0 Å². The molecular weight excluding hydrogens is 154 g/mol. The van der Waals surface area contributed by atoms with Gasteiger partial charge >= 0.3 is 0 Å². The van der Waals surface area contributed by atoms with E-state index in [-0.39, 0.29) is 5.92 Å². The minimum absolute atomic E-state index is 0.0941. The van der Waals surface area contributed by atoms with Gasteiger partial charge in [-0.15, -0.1) is 0 Å². The summed E-state index contributed by atoms with van der Waals surface area (Å²) in [5.41, 5.74) is 0.908. The highest BCUT2D eigenvalue weighted by molar-refractivity contribution is 5.60. The lowest BCUT2D eigenvalue weighted by Crippen LogP contribution is -1.95. The lowest BCUT2D eigenvalue weighted by atomic mass is 10.1. The Morgan fingerprint density at radius 2 is 2.33 bits per heavy atom. The van der Waals surface area contributed by atoms with Crippen LogP contribution in [-0.2, 0) is 4.79 Å². The first kappa shape index (κ1) is 8.71. The Hall–Kier alpha value is -1.38. The number of hydrogen-bond acceptors (Lipinski definition) is 3. The third-order valence-electron chi connectivity index (χ3n) is 1.70. The smallest absolute Gasteiger partial charge is 0.212 e. The molecule has 3 nitrogen and oxygen atoms in total. The van der Waals surface area contributed by atoms with Gasteiger partial charge in [-0.1, -0.05) is 13.0 Å². The molecule has 0 saturated carbocycles. The molecule has 0 aliphatic carbocycles. The van der Waals surface area contributed by atoms with Gasteiger partial charge in [0.1, 0.15) is 6.29 Å². The molecule has 1 rings (SSSR count). The van der Waals surface area contributed by atoms with Gasteiger partial charge in [0.2, 0.25) is 5.88 Å². The number of aromatic nitrogens is 1. The summed E-state index contributed by atoms with van der Waals surface area (Å²) in [6.07, 6.45) is 2.54. The molecular formula is C9H11NO2. The molecule has 64 valence electrons. The van der Waals surface area contributed by atoms with E-state index in [4.69, 9.17) is 4.74 Å². The maximum atomic E-state index is 10.4. The van der Waals surface area contributed by atoms with Crippen molar-refractivity contribution in [1.82, 2.24) is 4.98 Å². The average Bonchev–Trinajstić information content (AvgIpc) is 2.17. The van der Waals surface area contributed by atoms with E-state index in [1.807, 2.05) is 13.0 Å². The van der Waals surface area contributed by atoms with E-state index in [9.17, 15) is 4.79 Å². The lowest BCUT2D eigenvalue weighted by molar-refractivity contribution is -0.108. The summed E-state index contributed by atoms with van der Waals surface area (Å²) in [6, 6.07) is 3.58. The van der Waals surface area contributed by atoms with Gasteiger partial charge in [0.05, 0.1) is 7.11 Å². The highest BCUT2D eigenvalue weighted by Gasteiger charge is 2.03. The molecule has 0 aromatic carbocycles. The number of hydrogen-bond donors (Lipinski definition) is 0. The van der Waals surface area contributed by atoms with Gasteiger partial charge in [-0.25, -0.2) is 4.98 Å². The topological polar surface area (TPSA) is 39.2 Å². The molecule has 1 atom stereocenters. The van der Waals surface area contributed by atoms with Gasteiger partial charge in [-0.3, -0.25) is 0 Å². The molecule has 1 aromatic rings. The van der Waals surface area contributed by atoms with Crippen molar-refractivity contribution in [3.8, 4) is 5.88 Å². The molecule has 0 unspecified atom stereocenters. The third-order valence-corrected chi connectivity index (χ3v) is 1.70. The van der Waals surface area contributed by atoms with Crippen LogP contribution in [0.25, 0.3) is 0 Å². The summed E-state index contributed by atoms with van der Waals surface area (Å²) in [7, 11) is 1.56. The van der Waals surface area contributed by atoms with Crippen LogP contribution >= 0.6 is 0 Å². The molecule has 0 spiro atoms. The molecule has 0 aliphatic heterocycles. The summed E-state index contributed by atoms with van der Waals surface area (Å²) in [5, 5.41) is 0. The minimum atomic E-state index is -0.0941. The van der Waals surface area contributed by atoms with E-state index < -0.39 is 0 Å². The molecule has 0 radical (unpaired) electrons. The first-order valence-electron chi connectivity index (χ1n) is 3.73. The second kappa shape index (κ2) is 3.85. The zero-order valence-electron chi connectivity index (χ0n) is 7.15. The van der Waals surface area contributed by atoms with Crippen LogP contribution < -0.4 is 4.74 Å². The molecule has 0 amide bonds. The van der Waals surface area contributed by atoms with Crippen LogP contribution in [0.4, 0.5) is 0 Å². The van der Waals surface area contributed by atoms with E-state index in [1.165, 1.54) is 0 Å². The molecule has 0 saturated heterocycles. The molecule has 1 heterocycles. The Morgan fingerprint density at radius 1 is 1.58 bits per heavy atom. The first-order valence-corrected chi connectivity index (χ1v) is 3.73. The Labute approximate surface area is 71.4 Å². The van der Waals surface area contributed by atoms with E-state index >= 15 is 0 Å². The van der Waals surface area contributed by atoms with Crippen LogP contribution in [0.5, 0.6) is 5.88 Å². The van der Waals surface area contributed by atoms with Crippen molar-refractivity contribution in [3.05, 3.63) is 23.9 Å². The molecule has 0 fully saturated rings. The number of aldehydes is 1. The Bertz CT molecular complexity index is 256. The Morgan fingerprint density at radius 3 is 2.75 bits per heavy atom. The fourth-order valence-electron chi connectivity index (χ4n) is 0.860. The summed E-state index contributed by atoms with van der Waals surface area (Å²) in [6.45, 7) is 1.83. The second-order valence-corrected chi connectivity index (χ2v) is 2.56. The molecule has 0 bridgehead atoms. The van der Waals surface area contributed by atoms with E-state index in [0.717, 1.165) is 11.8 Å². The van der Waals surface area contributed by atoms with E-state index in [1.54, 1.807) is 19.4 Å². The van der Waals surface area contributed by atoms with Crippen LogP contribution in [0.15, 0.2) is 18.3 Å². The standard InChI is InChI=1S/C9H11NO2/c1-7(6-11)8-3-4-9(12-2)10-5-8/h3-7H,1-2H3/t7-/m1/s1. The van der Waals surface area contributed by atoms with Crippen LogP contribution in [-0.4, -0.2) is 18.4 Å². The van der Waals surface area contributed by atoms with Crippen LogP contribution in [0.1, 0.15) is 18.4 Å². The average molecular weight is 165 g/mol. The first-order chi connectivity index (χ1) is 5.77. The molecule has 3 heteroatoms. The van der Waals surface area contributed by atoms with Crippen molar-refractivity contribution in [2.75, 3.05) is 7.11 Å². The number of pyridine rings is 1. The molecule has 0 N–H and O–H groups in total. The summed E-state index contributed by atoms with van der Waals surface area (Å²) in [5.74, 6) is 0.472. The maximum Gasteiger partial charge on any atom is 0.212 e. The minimum Gasteiger partial charge on any atom is -0.481 e. The third kappa shape index (κ3) is 1.81. The Balaban J connectivity index is 2.84. The molecule has 0 aliphatic rings. The molecule has 12 heavy (non-hydrogen) atoms. The van der Waals surface area contributed by atoms with Crippen LogP contribution in [0.2, 0.25) is 0 Å².